The molecule has 1 aromatic heterocycles. The molecule has 0 amide bonds. The van der Waals surface area contributed by atoms with E-state index in [1.54, 1.807) is 6.20 Å². The highest BCUT2D eigenvalue weighted by Crippen LogP contribution is 2.31. The van der Waals surface area contributed by atoms with Crippen LogP contribution >= 0.6 is 38.5 Å². The predicted molar refractivity (Wildman–Crippen MR) is 97.8 cm³/mol. The second kappa shape index (κ2) is 8.10. The number of benzene rings is 1. The Morgan fingerprint density at radius 3 is 2.81 bits per heavy atom. The van der Waals surface area contributed by atoms with Crippen LogP contribution in [0.1, 0.15) is 31.0 Å². The Morgan fingerprint density at radius 2 is 2.10 bits per heavy atom. The first-order valence-electron chi connectivity index (χ1n) is 6.91. The number of ether oxygens (including phenoxy) is 1. The van der Waals surface area contributed by atoms with Crippen molar-refractivity contribution in [1.82, 2.24) is 10.3 Å². The number of aromatic nitrogens is 1. The lowest BCUT2D eigenvalue weighted by atomic mass is 10.00. The van der Waals surface area contributed by atoms with Crippen molar-refractivity contribution in [2.24, 2.45) is 0 Å². The molecule has 1 aromatic carbocycles. The summed E-state index contributed by atoms with van der Waals surface area (Å²) in [5.41, 5.74) is 2.31. The van der Waals surface area contributed by atoms with Crippen molar-refractivity contribution in [2.45, 2.75) is 19.9 Å². The quantitative estimate of drug-likeness (QED) is 0.642. The molecule has 112 valence electrons. The molecule has 0 aliphatic heterocycles. The van der Waals surface area contributed by atoms with Gasteiger partial charge in [-0.3, -0.25) is 4.98 Å². The molecule has 2 rings (SSSR count). The Labute approximate surface area is 147 Å². The van der Waals surface area contributed by atoms with Gasteiger partial charge in [-0.15, -0.1) is 0 Å². The third-order valence-electron chi connectivity index (χ3n) is 3.06. The lowest BCUT2D eigenvalue weighted by Crippen LogP contribution is -2.22. The van der Waals surface area contributed by atoms with E-state index in [0.717, 1.165) is 22.3 Å². The summed E-state index contributed by atoms with van der Waals surface area (Å²) in [4.78, 5) is 4.30. The Hall–Kier alpha value is -0.660. The second-order valence-corrected chi connectivity index (χ2v) is 6.64. The summed E-state index contributed by atoms with van der Waals surface area (Å²) in [7, 11) is 0. The molecule has 1 atom stereocenters. The van der Waals surface area contributed by atoms with Crippen LogP contribution in [0.5, 0.6) is 5.75 Å². The number of halogens is 2. The number of hydrogen-bond donors (Lipinski definition) is 1. The molecule has 0 bridgehead atoms. The van der Waals surface area contributed by atoms with Crippen LogP contribution in [0.4, 0.5) is 0 Å². The van der Waals surface area contributed by atoms with Gasteiger partial charge in [0, 0.05) is 14.2 Å². The topological polar surface area (TPSA) is 34.2 Å². The average Bonchev–Trinajstić information content (AvgIpc) is 2.48. The van der Waals surface area contributed by atoms with Crippen LogP contribution in [0.15, 0.2) is 41.1 Å². The summed E-state index contributed by atoms with van der Waals surface area (Å²) in [6, 6.07) is 8.50. The summed E-state index contributed by atoms with van der Waals surface area (Å²) in [6.45, 7) is 5.60. The number of nitrogens with one attached hydrogen (secondary N) is 1. The first kappa shape index (κ1) is 16.7. The average molecular weight is 461 g/mol. The minimum absolute atomic E-state index is 0.0898. The molecule has 0 radical (unpaired) electrons. The summed E-state index contributed by atoms with van der Waals surface area (Å²) in [6.07, 6.45) is 3.64. The van der Waals surface area contributed by atoms with Crippen LogP contribution in [-0.2, 0) is 0 Å². The number of pyridine rings is 1. The van der Waals surface area contributed by atoms with Crippen LogP contribution in [0, 0.1) is 3.57 Å². The van der Waals surface area contributed by atoms with E-state index in [9.17, 15) is 0 Å². The highest BCUT2D eigenvalue weighted by molar-refractivity contribution is 14.1. The summed E-state index contributed by atoms with van der Waals surface area (Å²) in [5.74, 6) is 0.805. The molecule has 0 spiro atoms. The fourth-order valence-electron chi connectivity index (χ4n) is 2.19. The van der Waals surface area contributed by atoms with Gasteiger partial charge in [0.25, 0.3) is 0 Å². The maximum absolute atomic E-state index is 5.56. The van der Waals surface area contributed by atoms with Gasteiger partial charge in [-0.05, 0) is 71.5 Å². The predicted octanol–water partition coefficient (Wildman–Crippen LogP) is 4.55. The van der Waals surface area contributed by atoms with Crippen LogP contribution in [0.3, 0.4) is 0 Å². The van der Waals surface area contributed by atoms with Crippen LogP contribution in [0.2, 0.25) is 0 Å². The van der Waals surface area contributed by atoms with E-state index >= 15 is 0 Å². The summed E-state index contributed by atoms with van der Waals surface area (Å²) in [5, 5.41) is 3.52. The zero-order valence-electron chi connectivity index (χ0n) is 12.1. The molecular weight excluding hydrogens is 443 g/mol. The molecule has 2 aromatic rings. The monoisotopic (exact) mass is 460 g/mol. The van der Waals surface area contributed by atoms with E-state index < -0.39 is 0 Å². The molecule has 5 heteroatoms. The van der Waals surface area contributed by atoms with Crippen molar-refractivity contribution in [1.29, 1.82) is 0 Å². The smallest absolute Gasteiger partial charge is 0.137 e. The summed E-state index contributed by atoms with van der Waals surface area (Å²) < 4.78 is 7.87. The van der Waals surface area contributed by atoms with E-state index in [-0.39, 0.29) is 6.04 Å². The SMILES string of the molecule is CCNC(c1cncc(OCC)c1)c1cc(I)ccc1Br. The van der Waals surface area contributed by atoms with E-state index in [1.807, 2.05) is 13.1 Å². The number of rotatable bonds is 6. The van der Waals surface area contributed by atoms with Crippen molar-refractivity contribution in [3.05, 3.63) is 55.8 Å². The Kier molecular flexibility index (Phi) is 6.44. The van der Waals surface area contributed by atoms with Crippen molar-refractivity contribution < 1.29 is 4.74 Å². The Bertz CT molecular complexity index is 607. The van der Waals surface area contributed by atoms with Crippen LogP contribution in [0.25, 0.3) is 0 Å². The van der Waals surface area contributed by atoms with E-state index in [0.29, 0.717) is 6.61 Å². The van der Waals surface area contributed by atoms with Crippen molar-refractivity contribution in [2.75, 3.05) is 13.2 Å². The van der Waals surface area contributed by atoms with Gasteiger partial charge in [0.05, 0.1) is 18.8 Å². The molecule has 3 nitrogen and oxygen atoms in total. The van der Waals surface area contributed by atoms with Gasteiger partial charge in [0.1, 0.15) is 5.75 Å². The molecule has 21 heavy (non-hydrogen) atoms. The van der Waals surface area contributed by atoms with Gasteiger partial charge in [0.2, 0.25) is 0 Å². The van der Waals surface area contributed by atoms with Gasteiger partial charge >= 0.3 is 0 Å². The highest BCUT2D eigenvalue weighted by atomic mass is 127. The molecule has 0 fully saturated rings. The van der Waals surface area contributed by atoms with E-state index in [4.69, 9.17) is 4.74 Å². The third-order valence-corrected chi connectivity index (χ3v) is 4.45. The Balaban J connectivity index is 2.42. The molecule has 1 N–H and O–H groups in total. The zero-order chi connectivity index (χ0) is 15.2. The molecule has 0 saturated heterocycles. The highest BCUT2D eigenvalue weighted by Gasteiger charge is 2.17. The zero-order valence-corrected chi connectivity index (χ0v) is 15.8. The second-order valence-electron chi connectivity index (χ2n) is 4.54. The van der Waals surface area contributed by atoms with Gasteiger partial charge in [-0.25, -0.2) is 0 Å². The molecule has 1 heterocycles. The minimum atomic E-state index is 0.0898. The maximum atomic E-state index is 5.56. The Morgan fingerprint density at radius 1 is 1.29 bits per heavy atom. The summed E-state index contributed by atoms with van der Waals surface area (Å²) >= 11 is 5.99. The lowest BCUT2D eigenvalue weighted by Gasteiger charge is -2.21. The molecular formula is C16H18BrIN2O. The van der Waals surface area contributed by atoms with Crippen molar-refractivity contribution >= 4 is 38.5 Å². The van der Waals surface area contributed by atoms with Gasteiger partial charge in [-0.1, -0.05) is 22.9 Å². The van der Waals surface area contributed by atoms with Crippen molar-refractivity contribution in [3.8, 4) is 5.75 Å². The molecule has 1 unspecified atom stereocenters. The van der Waals surface area contributed by atoms with Gasteiger partial charge in [0.15, 0.2) is 0 Å². The first-order chi connectivity index (χ1) is 10.2. The van der Waals surface area contributed by atoms with Crippen LogP contribution in [-0.4, -0.2) is 18.1 Å². The third kappa shape index (κ3) is 4.40. The first-order valence-corrected chi connectivity index (χ1v) is 8.79. The van der Waals surface area contributed by atoms with Crippen molar-refractivity contribution in [3.63, 3.8) is 0 Å². The molecule has 0 saturated carbocycles. The normalized spacial score (nSPS) is 12.2. The number of hydrogen-bond acceptors (Lipinski definition) is 3. The van der Waals surface area contributed by atoms with Crippen LogP contribution < -0.4 is 10.1 Å². The fourth-order valence-corrected chi connectivity index (χ4v) is 3.18. The largest absolute Gasteiger partial charge is 0.492 e. The minimum Gasteiger partial charge on any atom is -0.492 e. The number of nitrogens with zero attached hydrogens (tertiary/aromatic N) is 1. The van der Waals surface area contributed by atoms with E-state index in [1.165, 1.54) is 9.13 Å². The maximum Gasteiger partial charge on any atom is 0.137 e. The van der Waals surface area contributed by atoms with Gasteiger partial charge in [-0.2, -0.15) is 0 Å². The fraction of sp³-hybridized carbons (Fsp3) is 0.312. The van der Waals surface area contributed by atoms with E-state index in [2.05, 4.69) is 80.0 Å². The molecule has 0 aliphatic rings. The van der Waals surface area contributed by atoms with Gasteiger partial charge < -0.3 is 10.1 Å². The molecule has 0 aliphatic carbocycles. The lowest BCUT2D eigenvalue weighted by molar-refractivity contribution is 0.338. The standard InChI is InChI=1S/C16H18BrIN2O/c1-3-20-16(14-8-12(18)5-6-15(14)17)11-7-13(21-4-2)10-19-9-11/h5-10,16,20H,3-4H2,1-2H3.